The molecule has 48 heavy (non-hydrogen) atoms. The molecule has 3 aliphatic rings. The van der Waals surface area contributed by atoms with Crippen LogP contribution in [0, 0.1) is 10.8 Å². The van der Waals surface area contributed by atoms with Gasteiger partial charge in [-0.15, -0.1) is 0 Å². The van der Waals surface area contributed by atoms with Crippen LogP contribution in [0.4, 0.5) is 0 Å². The zero-order valence-electron chi connectivity index (χ0n) is 27.7. The van der Waals surface area contributed by atoms with Crippen LogP contribution in [0.2, 0.25) is 5.02 Å². The summed E-state index contributed by atoms with van der Waals surface area (Å²) >= 11 is 9.55. The Balaban J connectivity index is 1.54. The van der Waals surface area contributed by atoms with Crippen molar-refractivity contribution < 1.29 is 26.9 Å². The Morgan fingerprint density at radius 2 is 1.42 bits per heavy atom. The number of benzene rings is 3. The Labute approximate surface area is 296 Å². The molecule has 0 atom stereocenters. The number of nitrogens with zero attached hydrogens (tertiary/aromatic N) is 1. The summed E-state index contributed by atoms with van der Waals surface area (Å²) in [4.78, 5) is 30.8. The second-order valence-electron chi connectivity index (χ2n) is 14.4. The van der Waals surface area contributed by atoms with Gasteiger partial charge in [-0.3, -0.25) is 9.59 Å². The number of carbonyl (C=O) groups is 2. The summed E-state index contributed by atoms with van der Waals surface area (Å²) in [6.07, 6.45) is 2.04. The number of halogens is 2. The van der Waals surface area contributed by atoms with Crippen molar-refractivity contribution in [2.75, 3.05) is 6.61 Å². The fourth-order valence-electron chi connectivity index (χ4n) is 7.20. The van der Waals surface area contributed by atoms with Gasteiger partial charge in [0.1, 0.15) is 4.90 Å². The van der Waals surface area contributed by atoms with E-state index in [-0.39, 0.29) is 45.4 Å². The molecule has 6 rings (SSSR count). The standard InChI is InChI=1S/C38H39BrClNO6S/c1-6-46-32-17-24(16-27(39)36(32)47-48(44,45)26-14-12-25(40)13-15-26)33-34-28(18-37(2,3)20-30(34)42)41(22-23-10-8-7-9-11-23)29-19-38(4,5)21-31(43)35(29)33/h7-17,33H,6,18-22H2,1-5H3. The summed E-state index contributed by atoms with van der Waals surface area (Å²) in [5, 5.41) is 0.396. The Morgan fingerprint density at radius 3 is 1.96 bits per heavy atom. The van der Waals surface area contributed by atoms with Gasteiger partial charge in [0.05, 0.1) is 11.1 Å². The molecule has 3 aromatic rings. The van der Waals surface area contributed by atoms with E-state index >= 15 is 0 Å². The zero-order chi connectivity index (χ0) is 34.6. The SMILES string of the molecule is CCOc1cc(C2C3=C(CC(C)(C)CC3=O)N(Cc3ccccc3)C3=C2C(=O)CC(C)(C)C3)cc(Br)c1OS(=O)(=O)c1ccc(Cl)cc1. The first-order valence-corrected chi connectivity index (χ1v) is 18.7. The summed E-state index contributed by atoms with van der Waals surface area (Å²) in [6.45, 7) is 11.0. The molecule has 0 amide bonds. The van der Waals surface area contributed by atoms with Crippen molar-refractivity contribution in [2.45, 2.75) is 77.7 Å². The first-order valence-electron chi connectivity index (χ1n) is 16.1. The highest BCUT2D eigenvalue weighted by molar-refractivity contribution is 9.10. The van der Waals surface area contributed by atoms with Crippen LogP contribution >= 0.6 is 27.5 Å². The van der Waals surface area contributed by atoms with Gasteiger partial charge in [0, 0.05) is 52.9 Å². The van der Waals surface area contributed by atoms with Crippen LogP contribution in [-0.2, 0) is 26.3 Å². The number of ether oxygens (including phenoxy) is 1. The van der Waals surface area contributed by atoms with Gasteiger partial charge in [-0.2, -0.15) is 8.42 Å². The van der Waals surface area contributed by atoms with Crippen LogP contribution < -0.4 is 8.92 Å². The number of ketones is 2. The molecule has 0 N–H and O–H groups in total. The van der Waals surface area contributed by atoms with Crippen molar-refractivity contribution in [3.8, 4) is 11.5 Å². The lowest BCUT2D eigenvalue weighted by Gasteiger charge is -2.49. The summed E-state index contributed by atoms with van der Waals surface area (Å²) in [5.74, 6) is -0.469. The van der Waals surface area contributed by atoms with E-state index in [1.807, 2.05) is 18.2 Å². The number of allylic oxidation sites excluding steroid dienone is 4. The molecule has 0 bridgehead atoms. The molecular weight excluding hydrogens is 714 g/mol. The highest BCUT2D eigenvalue weighted by Gasteiger charge is 2.49. The molecule has 0 saturated heterocycles. The van der Waals surface area contributed by atoms with E-state index < -0.39 is 16.0 Å². The molecule has 2 aliphatic carbocycles. The van der Waals surface area contributed by atoms with Gasteiger partial charge < -0.3 is 13.8 Å². The molecule has 0 saturated carbocycles. The monoisotopic (exact) mass is 751 g/mol. The first-order chi connectivity index (χ1) is 22.6. The maximum Gasteiger partial charge on any atom is 0.339 e. The normalized spacial score (nSPS) is 19.3. The first kappa shape index (κ1) is 34.5. The number of carbonyl (C=O) groups excluding carboxylic acids is 2. The summed E-state index contributed by atoms with van der Waals surface area (Å²) in [5.41, 5.74) is 4.32. The fraction of sp³-hybridized carbons (Fsp3) is 0.368. The highest BCUT2D eigenvalue weighted by Crippen LogP contribution is 2.56. The van der Waals surface area contributed by atoms with E-state index in [4.69, 9.17) is 20.5 Å². The smallest absolute Gasteiger partial charge is 0.339 e. The zero-order valence-corrected chi connectivity index (χ0v) is 30.9. The van der Waals surface area contributed by atoms with Gasteiger partial charge in [-0.1, -0.05) is 69.6 Å². The van der Waals surface area contributed by atoms with Crippen molar-refractivity contribution in [3.05, 3.63) is 110 Å². The lowest BCUT2D eigenvalue weighted by Crippen LogP contribution is -2.44. The highest BCUT2D eigenvalue weighted by atomic mass is 79.9. The second-order valence-corrected chi connectivity index (χ2v) is 17.2. The molecule has 0 unspecified atom stereocenters. The van der Waals surface area contributed by atoms with Crippen molar-refractivity contribution >= 4 is 49.2 Å². The van der Waals surface area contributed by atoms with E-state index in [2.05, 4.69) is 60.7 Å². The second kappa shape index (κ2) is 12.8. The maximum atomic E-state index is 14.3. The van der Waals surface area contributed by atoms with Crippen molar-refractivity contribution in [2.24, 2.45) is 10.8 Å². The third-order valence-corrected chi connectivity index (χ3v) is 11.2. The van der Waals surface area contributed by atoms with Crippen molar-refractivity contribution in [3.63, 3.8) is 0 Å². The van der Waals surface area contributed by atoms with Crippen molar-refractivity contribution in [1.82, 2.24) is 4.90 Å². The summed E-state index contributed by atoms with van der Waals surface area (Å²) < 4.78 is 38.6. The third kappa shape index (κ3) is 6.74. The van der Waals surface area contributed by atoms with Crippen LogP contribution in [0.3, 0.4) is 0 Å². The van der Waals surface area contributed by atoms with Crippen LogP contribution in [0.25, 0.3) is 0 Å². The molecule has 1 heterocycles. The molecule has 3 aromatic carbocycles. The maximum absolute atomic E-state index is 14.3. The number of rotatable bonds is 8. The lowest BCUT2D eigenvalue weighted by atomic mass is 9.63. The Bertz CT molecular complexity index is 1910. The number of hydrogen-bond acceptors (Lipinski definition) is 7. The van der Waals surface area contributed by atoms with Gasteiger partial charge in [0.25, 0.3) is 0 Å². The molecule has 0 fully saturated rings. The van der Waals surface area contributed by atoms with Crippen LogP contribution in [0.15, 0.2) is 98.6 Å². The van der Waals surface area contributed by atoms with E-state index in [1.165, 1.54) is 24.3 Å². The minimum absolute atomic E-state index is 0.00761. The molecule has 0 radical (unpaired) electrons. The minimum atomic E-state index is -4.25. The summed E-state index contributed by atoms with van der Waals surface area (Å²) in [7, 11) is -4.25. The number of hydrogen-bond donors (Lipinski definition) is 0. The Kier molecular flexibility index (Phi) is 9.20. The largest absolute Gasteiger partial charge is 0.490 e. The van der Waals surface area contributed by atoms with Crippen molar-refractivity contribution in [1.29, 1.82) is 0 Å². The summed E-state index contributed by atoms with van der Waals surface area (Å²) in [6, 6.07) is 19.3. The molecule has 1 aliphatic heterocycles. The molecular formula is C38H39BrClNO6S. The predicted molar refractivity (Wildman–Crippen MR) is 189 cm³/mol. The Hall–Kier alpha value is -3.40. The Morgan fingerprint density at radius 1 is 0.854 bits per heavy atom. The topological polar surface area (TPSA) is 90.0 Å². The van der Waals surface area contributed by atoms with E-state index in [0.717, 1.165) is 17.0 Å². The minimum Gasteiger partial charge on any atom is -0.490 e. The van der Waals surface area contributed by atoms with Crippen LogP contribution in [0.5, 0.6) is 11.5 Å². The van der Waals surface area contributed by atoms with Gasteiger partial charge in [-0.05, 0) is 94.1 Å². The van der Waals surface area contributed by atoms with E-state index in [9.17, 15) is 18.0 Å². The third-order valence-electron chi connectivity index (χ3n) is 9.17. The van der Waals surface area contributed by atoms with Gasteiger partial charge in [-0.25, -0.2) is 0 Å². The average Bonchev–Trinajstić information content (AvgIpc) is 2.99. The molecule has 7 nitrogen and oxygen atoms in total. The van der Waals surface area contributed by atoms with Crippen LogP contribution in [0.1, 0.15) is 77.3 Å². The molecule has 0 aromatic heterocycles. The van der Waals surface area contributed by atoms with Gasteiger partial charge >= 0.3 is 10.1 Å². The fourth-order valence-corrected chi connectivity index (χ4v) is 8.93. The van der Waals surface area contributed by atoms with E-state index in [0.29, 0.717) is 58.4 Å². The average molecular weight is 753 g/mol. The molecule has 10 heteroatoms. The quantitative estimate of drug-likeness (QED) is 0.212. The van der Waals surface area contributed by atoms with Crippen LogP contribution in [-0.4, -0.2) is 31.5 Å². The van der Waals surface area contributed by atoms with Gasteiger partial charge in [0.2, 0.25) is 0 Å². The predicted octanol–water partition coefficient (Wildman–Crippen LogP) is 9.15. The van der Waals surface area contributed by atoms with E-state index in [1.54, 1.807) is 19.1 Å². The van der Waals surface area contributed by atoms with Gasteiger partial charge in [0.15, 0.2) is 23.1 Å². The molecule has 252 valence electrons. The lowest BCUT2D eigenvalue weighted by molar-refractivity contribution is -0.119. The number of Topliss-reactive ketones (excluding diaryl/α,β-unsaturated/α-hetero) is 2. The molecule has 0 spiro atoms.